The number of aliphatic hydroxyl groups excluding tert-OH is 1. The molecule has 3 atom stereocenters. The van der Waals surface area contributed by atoms with Crippen molar-refractivity contribution in [2.24, 2.45) is 5.92 Å². The molecule has 1 aliphatic heterocycles. The average molecular weight is 342 g/mol. The summed E-state index contributed by atoms with van der Waals surface area (Å²) in [5.41, 5.74) is 1.20. The van der Waals surface area contributed by atoms with Crippen LogP contribution >= 0.6 is 0 Å². The summed E-state index contributed by atoms with van der Waals surface area (Å²) in [5.74, 6) is 3.29. The molecular weight excluding hydrogens is 320 g/mol. The standard InChI is InChI=1S/C20H22O5/c1-5-7-13-9-16(21)25-20-17(13)14(23-8-6-2)10-15-18(20)19(22)11(3)12(4)24-15/h2,9-12,19,22H,5,7-8H2,1,3-4H3. The first kappa shape index (κ1) is 17.4. The van der Waals surface area contributed by atoms with Gasteiger partial charge in [0.25, 0.3) is 0 Å². The van der Waals surface area contributed by atoms with Crippen molar-refractivity contribution in [2.75, 3.05) is 6.61 Å². The number of terminal acetylenes is 1. The van der Waals surface area contributed by atoms with Crippen LogP contribution in [-0.2, 0) is 6.42 Å². The number of ether oxygens (including phenoxy) is 2. The lowest BCUT2D eigenvalue weighted by molar-refractivity contribution is 0.0178. The van der Waals surface area contributed by atoms with Gasteiger partial charge >= 0.3 is 5.63 Å². The average Bonchev–Trinajstić information content (AvgIpc) is 2.57. The number of aliphatic hydroxyl groups is 1. The number of hydrogen-bond donors (Lipinski definition) is 1. The van der Waals surface area contributed by atoms with Crippen LogP contribution in [0.15, 0.2) is 21.3 Å². The zero-order valence-electron chi connectivity index (χ0n) is 14.7. The lowest BCUT2D eigenvalue weighted by Crippen LogP contribution is -2.32. The lowest BCUT2D eigenvalue weighted by Gasteiger charge is -2.34. The number of rotatable bonds is 4. The number of hydrogen-bond acceptors (Lipinski definition) is 5. The Hall–Kier alpha value is -2.45. The summed E-state index contributed by atoms with van der Waals surface area (Å²) in [5, 5.41) is 11.4. The molecule has 0 saturated carbocycles. The van der Waals surface area contributed by atoms with Gasteiger partial charge in [0, 0.05) is 18.1 Å². The van der Waals surface area contributed by atoms with E-state index >= 15 is 0 Å². The maximum Gasteiger partial charge on any atom is 0.336 e. The summed E-state index contributed by atoms with van der Waals surface area (Å²) < 4.78 is 17.1. The van der Waals surface area contributed by atoms with Crippen molar-refractivity contribution in [3.8, 4) is 23.8 Å². The SMILES string of the molecule is C#CCOc1cc2c(c3oc(=O)cc(CCC)c13)C(O)C(C)C(C)O2. The summed E-state index contributed by atoms with van der Waals surface area (Å²) in [6.45, 7) is 5.92. The largest absolute Gasteiger partial charge is 0.490 e. The molecular formula is C20H22O5. The Labute approximate surface area is 146 Å². The highest BCUT2D eigenvalue weighted by Gasteiger charge is 2.35. The molecule has 25 heavy (non-hydrogen) atoms. The quantitative estimate of drug-likeness (QED) is 0.682. The molecule has 1 N–H and O–H groups in total. The van der Waals surface area contributed by atoms with Crippen LogP contribution in [0.2, 0.25) is 0 Å². The van der Waals surface area contributed by atoms with Crippen LogP contribution in [0.4, 0.5) is 0 Å². The highest BCUT2D eigenvalue weighted by molar-refractivity contribution is 5.91. The third kappa shape index (κ3) is 2.98. The van der Waals surface area contributed by atoms with Gasteiger partial charge < -0.3 is 19.0 Å². The first-order valence-electron chi connectivity index (χ1n) is 8.52. The first-order valence-corrected chi connectivity index (χ1v) is 8.52. The second-order valence-electron chi connectivity index (χ2n) is 6.45. The smallest absolute Gasteiger partial charge is 0.336 e. The van der Waals surface area contributed by atoms with Gasteiger partial charge in [-0.2, -0.15) is 0 Å². The van der Waals surface area contributed by atoms with Crippen molar-refractivity contribution in [1.82, 2.24) is 0 Å². The van der Waals surface area contributed by atoms with Crippen molar-refractivity contribution >= 4 is 11.0 Å². The van der Waals surface area contributed by atoms with Crippen molar-refractivity contribution in [1.29, 1.82) is 0 Å². The van der Waals surface area contributed by atoms with Crippen LogP contribution in [0.3, 0.4) is 0 Å². The maximum atomic E-state index is 12.1. The van der Waals surface area contributed by atoms with Crippen molar-refractivity contribution in [2.45, 2.75) is 45.8 Å². The Morgan fingerprint density at radius 2 is 2.12 bits per heavy atom. The number of aryl methyl sites for hydroxylation is 1. The molecule has 3 unspecified atom stereocenters. The van der Waals surface area contributed by atoms with Crippen LogP contribution in [0.1, 0.15) is 44.4 Å². The van der Waals surface area contributed by atoms with Crippen LogP contribution in [0.5, 0.6) is 11.5 Å². The monoisotopic (exact) mass is 342 g/mol. The maximum absolute atomic E-state index is 12.1. The topological polar surface area (TPSA) is 68.9 Å². The van der Waals surface area contributed by atoms with E-state index in [0.29, 0.717) is 34.5 Å². The summed E-state index contributed by atoms with van der Waals surface area (Å²) in [7, 11) is 0. The summed E-state index contributed by atoms with van der Waals surface area (Å²) >= 11 is 0. The molecule has 1 aromatic carbocycles. The Morgan fingerprint density at radius 3 is 2.80 bits per heavy atom. The highest BCUT2D eigenvalue weighted by Crippen LogP contribution is 2.46. The fourth-order valence-corrected chi connectivity index (χ4v) is 3.29. The Kier molecular flexibility index (Phi) is 4.73. The van der Waals surface area contributed by atoms with Crippen LogP contribution in [0, 0.1) is 18.3 Å². The Balaban J connectivity index is 2.36. The molecule has 0 aliphatic carbocycles. The van der Waals surface area contributed by atoms with E-state index in [1.54, 1.807) is 6.07 Å². The van der Waals surface area contributed by atoms with Gasteiger partial charge in [-0.3, -0.25) is 0 Å². The molecule has 5 heteroatoms. The van der Waals surface area contributed by atoms with Gasteiger partial charge in [0.1, 0.15) is 24.2 Å². The van der Waals surface area contributed by atoms with E-state index in [4.69, 9.17) is 20.3 Å². The summed E-state index contributed by atoms with van der Waals surface area (Å²) in [6, 6.07) is 3.21. The van der Waals surface area contributed by atoms with E-state index in [0.717, 1.165) is 12.0 Å². The molecule has 0 spiro atoms. The first-order chi connectivity index (χ1) is 12.0. The Morgan fingerprint density at radius 1 is 1.36 bits per heavy atom. The molecule has 1 aliphatic rings. The molecule has 0 fully saturated rings. The van der Waals surface area contributed by atoms with Crippen molar-refractivity contribution in [3.05, 3.63) is 33.7 Å². The van der Waals surface area contributed by atoms with Crippen LogP contribution in [0.25, 0.3) is 11.0 Å². The van der Waals surface area contributed by atoms with E-state index in [1.165, 1.54) is 6.07 Å². The minimum Gasteiger partial charge on any atom is -0.490 e. The van der Waals surface area contributed by atoms with Crippen LogP contribution < -0.4 is 15.1 Å². The van der Waals surface area contributed by atoms with E-state index < -0.39 is 11.7 Å². The number of fused-ring (bicyclic) bond motifs is 3. The second kappa shape index (κ2) is 6.81. The van der Waals surface area contributed by atoms with E-state index in [-0.39, 0.29) is 18.6 Å². The second-order valence-corrected chi connectivity index (χ2v) is 6.45. The molecule has 3 rings (SSSR count). The highest BCUT2D eigenvalue weighted by atomic mass is 16.5. The van der Waals surface area contributed by atoms with E-state index in [9.17, 15) is 9.90 Å². The number of benzene rings is 1. The van der Waals surface area contributed by atoms with E-state index in [1.807, 2.05) is 20.8 Å². The molecule has 1 aromatic heterocycles. The normalized spacial score (nSPS) is 22.1. The van der Waals surface area contributed by atoms with Gasteiger partial charge in [-0.15, -0.1) is 6.42 Å². The van der Waals surface area contributed by atoms with Gasteiger partial charge in [-0.1, -0.05) is 26.2 Å². The predicted octanol–water partition coefficient (Wildman–Crippen LogP) is 3.21. The third-order valence-corrected chi connectivity index (χ3v) is 4.74. The van der Waals surface area contributed by atoms with Gasteiger partial charge in [0.15, 0.2) is 5.58 Å². The molecule has 0 radical (unpaired) electrons. The minimum atomic E-state index is -0.789. The third-order valence-electron chi connectivity index (χ3n) is 4.74. The molecule has 5 nitrogen and oxygen atoms in total. The summed E-state index contributed by atoms with van der Waals surface area (Å²) in [6.07, 6.45) is 5.91. The fraction of sp³-hybridized carbons (Fsp3) is 0.450. The molecule has 132 valence electrons. The fourth-order valence-electron chi connectivity index (χ4n) is 3.29. The van der Waals surface area contributed by atoms with Crippen molar-refractivity contribution in [3.63, 3.8) is 0 Å². The zero-order valence-corrected chi connectivity index (χ0v) is 14.7. The van der Waals surface area contributed by atoms with Crippen molar-refractivity contribution < 1.29 is 19.0 Å². The molecule has 0 bridgehead atoms. The van der Waals surface area contributed by atoms with Gasteiger partial charge in [-0.05, 0) is 18.9 Å². The molecule has 2 heterocycles. The summed E-state index contributed by atoms with van der Waals surface area (Å²) in [4.78, 5) is 12.1. The molecule has 0 saturated heterocycles. The van der Waals surface area contributed by atoms with Crippen LogP contribution in [-0.4, -0.2) is 17.8 Å². The zero-order chi connectivity index (χ0) is 18.1. The predicted molar refractivity (Wildman–Crippen MR) is 95.0 cm³/mol. The van der Waals surface area contributed by atoms with Gasteiger partial charge in [-0.25, -0.2) is 4.79 Å². The van der Waals surface area contributed by atoms with Gasteiger partial charge in [0.05, 0.1) is 17.1 Å². The Bertz CT molecular complexity index is 890. The molecule has 0 amide bonds. The lowest BCUT2D eigenvalue weighted by atomic mass is 9.88. The van der Waals surface area contributed by atoms with E-state index in [2.05, 4.69) is 5.92 Å². The van der Waals surface area contributed by atoms with Gasteiger partial charge in [0.2, 0.25) is 0 Å². The molecule has 2 aromatic rings. The minimum absolute atomic E-state index is 0.0904.